The van der Waals surface area contributed by atoms with Crippen LogP contribution in [0, 0.1) is 0 Å². The maximum Gasteiger partial charge on any atom is 0.166 e. The van der Waals surface area contributed by atoms with Gasteiger partial charge in [0.15, 0.2) is 5.82 Å². The maximum atomic E-state index is 5.82. The molecule has 1 unspecified atom stereocenters. The molecule has 2 heterocycles. The monoisotopic (exact) mass is 256 g/mol. The minimum Gasteiger partial charge on any atom is -0.220 e. The minimum atomic E-state index is 0.216. The maximum absolute atomic E-state index is 5.82. The lowest BCUT2D eigenvalue weighted by molar-refractivity contribution is 0.467. The normalized spacial score (nSPS) is 12.9. The minimum absolute atomic E-state index is 0.216. The predicted molar refractivity (Wildman–Crippen MR) is 64.7 cm³/mol. The summed E-state index contributed by atoms with van der Waals surface area (Å²) in [6.45, 7) is 2.16. The van der Waals surface area contributed by atoms with Crippen molar-refractivity contribution < 1.29 is 0 Å². The highest BCUT2D eigenvalue weighted by molar-refractivity contribution is 7.10. The van der Waals surface area contributed by atoms with E-state index in [0.29, 0.717) is 5.88 Å². The summed E-state index contributed by atoms with van der Waals surface area (Å²) >= 11 is 7.55. The Hall–Kier alpha value is -0.940. The fourth-order valence-electron chi connectivity index (χ4n) is 1.68. The summed E-state index contributed by atoms with van der Waals surface area (Å²) in [7, 11) is 0. The molecule has 0 radical (unpaired) electrons. The number of halogens is 1. The van der Waals surface area contributed by atoms with Gasteiger partial charge in [-0.3, -0.25) is 0 Å². The number of rotatable bonds is 5. The fourth-order valence-corrected chi connectivity index (χ4v) is 2.70. The van der Waals surface area contributed by atoms with E-state index < -0.39 is 0 Å². The van der Waals surface area contributed by atoms with Gasteiger partial charge in [-0.05, 0) is 28.3 Å². The Balaban J connectivity index is 2.33. The van der Waals surface area contributed by atoms with E-state index in [4.69, 9.17) is 11.6 Å². The quantitative estimate of drug-likeness (QED) is 0.773. The van der Waals surface area contributed by atoms with Gasteiger partial charge in [0.25, 0.3) is 0 Å². The van der Waals surface area contributed by atoms with Crippen LogP contribution in [0.25, 0.3) is 0 Å². The van der Waals surface area contributed by atoms with Gasteiger partial charge in [0, 0.05) is 4.88 Å². The third-order valence-corrected chi connectivity index (χ3v) is 3.62. The molecule has 2 aromatic rings. The second-order valence-corrected chi connectivity index (χ2v) is 4.74. The summed E-state index contributed by atoms with van der Waals surface area (Å²) in [5, 5.41) is 13.7. The van der Waals surface area contributed by atoms with Crippen LogP contribution in [0.15, 0.2) is 17.5 Å². The number of thiophene rings is 1. The molecule has 0 saturated carbocycles. The molecule has 2 aromatic heterocycles. The van der Waals surface area contributed by atoms with Crippen molar-refractivity contribution in [1.82, 2.24) is 20.2 Å². The van der Waals surface area contributed by atoms with E-state index in [9.17, 15) is 0 Å². The molecule has 0 aliphatic carbocycles. The third-order valence-electron chi connectivity index (χ3n) is 2.41. The van der Waals surface area contributed by atoms with Crippen LogP contribution in [-0.2, 0) is 5.88 Å². The lowest BCUT2D eigenvalue weighted by Gasteiger charge is -2.15. The Morgan fingerprint density at radius 2 is 2.44 bits per heavy atom. The van der Waals surface area contributed by atoms with Gasteiger partial charge in [-0.15, -0.1) is 28.0 Å². The first-order valence-corrected chi connectivity index (χ1v) is 6.64. The average Bonchev–Trinajstić information content (AvgIpc) is 2.96. The van der Waals surface area contributed by atoms with Crippen LogP contribution in [0.2, 0.25) is 0 Å². The topological polar surface area (TPSA) is 43.6 Å². The lowest BCUT2D eigenvalue weighted by atomic mass is 10.1. The lowest BCUT2D eigenvalue weighted by Crippen LogP contribution is -2.13. The standard InChI is InChI=1S/C10H13ClN4S/c1-2-4-8(9-5-3-6-16-9)15-10(7-11)12-13-14-15/h3,5-6,8H,2,4,7H2,1H3. The molecule has 2 rings (SSSR count). The van der Waals surface area contributed by atoms with Crippen molar-refractivity contribution in [1.29, 1.82) is 0 Å². The molecule has 0 aromatic carbocycles. The van der Waals surface area contributed by atoms with Crippen LogP contribution in [0.5, 0.6) is 0 Å². The van der Waals surface area contributed by atoms with Crippen LogP contribution in [0.4, 0.5) is 0 Å². The molecule has 0 amide bonds. The van der Waals surface area contributed by atoms with E-state index in [-0.39, 0.29) is 6.04 Å². The first kappa shape index (κ1) is 11.5. The molecule has 0 fully saturated rings. The summed E-state index contributed by atoms with van der Waals surface area (Å²) in [5.41, 5.74) is 0. The molecule has 0 aliphatic rings. The molecule has 4 nitrogen and oxygen atoms in total. The van der Waals surface area contributed by atoms with Gasteiger partial charge in [-0.25, -0.2) is 4.68 Å². The zero-order valence-electron chi connectivity index (χ0n) is 9.01. The SMILES string of the molecule is CCCC(c1cccs1)n1nnnc1CCl. The van der Waals surface area contributed by atoms with E-state index in [0.717, 1.165) is 18.7 Å². The van der Waals surface area contributed by atoms with E-state index in [1.54, 1.807) is 11.3 Å². The van der Waals surface area contributed by atoms with E-state index in [2.05, 4.69) is 33.9 Å². The zero-order chi connectivity index (χ0) is 11.4. The summed E-state index contributed by atoms with van der Waals surface area (Å²) in [6.07, 6.45) is 2.11. The fraction of sp³-hybridized carbons (Fsp3) is 0.500. The van der Waals surface area contributed by atoms with Crippen LogP contribution >= 0.6 is 22.9 Å². The molecule has 0 spiro atoms. The first-order valence-electron chi connectivity index (χ1n) is 5.23. The van der Waals surface area contributed by atoms with Crippen LogP contribution < -0.4 is 0 Å². The number of alkyl halides is 1. The number of aromatic nitrogens is 4. The zero-order valence-corrected chi connectivity index (χ0v) is 10.6. The molecule has 0 bridgehead atoms. The Labute approximate surface area is 103 Å². The van der Waals surface area contributed by atoms with Gasteiger partial charge in [0.2, 0.25) is 0 Å². The number of hydrogen-bond donors (Lipinski definition) is 0. The summed E-state index contributed by atoms with van der Waals surface area (Å²) < 4.78 is 1.84. The Morgan fingerprint density at radius 3 is 3.06 bits per heavy atom. The highest BCUT2D eigenvalue weighted by atomic mass is 35.5. The molecule has 0 N–H and O–H groups in total. The van der Waals surface area contributed by atoms with Gasteiger partial charge < -0.3 is 0 Å². The largest absolute Gasteiger partial charge is 0.220 e. The van der Waals surface area contributed by atoms with Crippen LogP contribution in [0.3, 0.4) is 0 Å². The highest BCUT2D eigenvalue weighted by Gasteiger charge is 2.18. The molecule has 0 saturated heterocycles. The van der Waals surface area contributed by atoms with Crippen molar-refractivity contribution in [2.75, 3.05) is 0 Å². The second-order valence-electron chi connectivity index (χ2n) is 3.49. The van der Waals surface area contributed by atoms with Crippen molar-refractivity contribution in [3.05, 3.63) is 28.2 Å². The first-order chi connectivity index (χ1) is 7.86. The molecule has 16 heavy (non-hydrogen) atoms. The van der Waals surface area contributed by atoms with Crippen LogP contribution in [-0.4, -0.2) is 20.2 Å². The Bertz CT molecular complexity index is 426. The molecular formula is C10H13ClN4S. The Morgan fingerprint density at radius 1 is 1.56 bits per heavy atom. The van der Waals surface area contributed by atoms with Crippen molar-refractivity contribution in [3.63, 3.8) is 0 Å². The van der Waals surface area contributed by atoms with E-state index >= 15 is 0 Å². The molecule has 86 valence electrons. The summed E-state index contributed by atoms with van der Waals surface area (Å²) in [4.78, 5) is 1.28. The van der Waals surface area contributed by atoms with Crippen molar-refractivity contribution >= 4 is 22.9 Å². The van der Waals surface area contributed by atoms with Gasteiger partial charge in [-0.2, -0.15) is 0 Å². The second kappa shape index (κ2) is 5.41. The predicted octanol–water partition coefficient (Wildman–Crippen LogP) is 2.86. The smallest absolute Gasteiger partial charge is 0.166 e. The van der Waals surface area contributed by atoms with Gasteiger partial charge in [0.1, 0.15) is 0 Å². The third kappa shape index (κ3) is 2.25. The van der Waals surface area contributed by atoms with Crippen molar-refractivity contribution in [2.45, 2.75) is 31.7 Å². The van der Waals surface area contributed by atoms with E-state index in [1.807, 2.05) is 10.7 Å². The van der Waals surface area contributed by atoms with Crippen molar-refractivity contribution in [3.8, 4) is 0 Å². The van der Waals surface area contributed by atoms with Gasteiger partial charge >= 0.3 is 0 Å². The van der Waals surface area contributed by atoms with Gasteiger partial charge in [0.05, 0.1) is 11.9 Å². The number of tetrazole rings is 1. The summed E-state index contributed by atoms with van der Waals surface area (Å²) in [5.74, 6) is 1.08. The van der Waals surface area contributed by atoms with Gasteiger partial charge in [-0.1, -0.05) is 19.4 Å². The summed E-state index contributed by atoms with van der Waals surface area (Å²) in [6, 6.07) is 4.38. The highest BCUT2D eigenvalue weighted by Crippen LogP contribution is 2.27. The van der Waals surface area contributed by atoms with Crippen LogP contribution in [0.1, 0.15) is 36.5 Å². The Kier molecular flexibility index (Phi) is 3.90. The molecular weight excluding hydrogens is 244 g/mol. The molecule has 6 heteroatoms. The average molecular weight is 257 g/mol. The van der Waals surface area contributed by atoms with E-state index in [1.165, 1.54) is 4.88 Å². The number of hydrogen-bond acceptors (Lipinski definition) is 4. The molecule has 0 aliphatic heterocycles. The number of nitrogens with zero attached hydrogens (tertiary/aromatic N) is 4. The van der Waals surface area contributed by atoms with Crippen molar-refractivity contribution in [2.24, 2.45) is 0 Å². The molecule has 1 atom stereocenters.